The van der Waals surface area contributed by atoms with Crippen molar-refractivity contribution in [3.05, 3.63) is 65.5 Å². The van der Waals surface area contributed by atoms with Crippen LogP contribution in [0.2, 0.25) is 0 Å². The van der Waals surface area contributed by atoms with Gasteiger partial charge in [-0.25, -0.2) is 4.98 Å². The van der Waals surface area contributed by atoms with Crippen LogP contribution in [-0.4, -0.2) is 37.2 Å². The molecule has 0 amide bonds. The Morgan fingerprint density at radius 2 is 1.77 bits per heavy atom. The second-order valence-electron chi connectivity index (χ2n) is 8.31. The second kappa shape index (κ2) is 10.0. The van der Waals surface area contributed by atoms with Gasteiger partial charge in [-0.05, 0) is 69.3 Å². The number of aryl methyl sites for hydroxylation is 2. The molecule has 1 aliphatic rings. The molecule has 1 fully saturated rings. The number of benzene rings is 2. The molecule has 0 bridgehead atoms. The Labute approximate surface area is 185 Å². The van der Waals surface area contributed by atoms with Crippen LogP contribution in [0.25, 0.3) is 11.5 Å². The molecule has 0 radical (unpaired) electrons. The quantitative estimate of drug-likeness (QED) is 0.481. The monoisotopic (exact) mass is 420 g/mol. The van der Waals surface area contributed by atoms with Gasteiger partial charge in [0, 0.05) is 6.54 Å². The number of rotatable bonds is 8. The predicted molar refractivity (Wildman–Crippen MR) is 123 cm³/mol. The fourth-order valence-electron chi connectivity index (χ4n) is 4.41. The van der Waals surface area contributed by atoms with Gasteiger partial charge in [-0.15, -0.1) is 0 Å². The number of ether oxygens (including phenoxy) is 2. The number of methoxy groups -OCH3 is 2. The third kappa shape index (κ3) is 5.10. The second-order valence-corrected chi connectivity index (χ2v) is 8.31. The van der Waals surface area contributed by atoms with Crippen LogP contribution < -0.4 is 9.47 Å². The van der Waals surface area contributed by atoms with Crippen LogP contribution in [0, 0.1) is 12.8 Å². The number of hydrogen-bond acceptors (Lipinski definition) is 5. The minimum atomic E-state index is 0.584. The van der Waals surface area contributed by atoms with E-state index in [4.69, 9.17) is 18.9 Å². The molecule has 1 aromatic heterocycles. The Balaban J connectivity index is 1.36. The van der Waals surface area contributed by atoms with Crippen LogP contribution in [0.3, 0.4) is 0 Å². The van der Waals surface area contributed by atoms with Crippen molar-refractivity contribution in [2.24, 2.45) is 5.92 Å². The average molecular weight is 421 g/mol. The highest BCUT2D eigenvalue weighted by atomic mass is 16.5. The van der Waals surface area contributed by atoms with Crippen molar-refractivity contribution in [1.29, 1.82) is 0 Å². The molecule has 0 spiro atoms. The molecule has 5 nitrogen and oxygen atoms in total. The molecule has 1 saturated heterocycles. The summed E-state index contributed by atoms with van der Waals surface area (Å²) in [6.45, 7) is 5.05. The van der Waals surface area contributed by atoms with Gasteiger partial charge in [0.15, 0.2) is 11.5 Å². The minimum Gasteiger partial charge on any atom is -0.493 e. The first-order valence-corrected chi connectivity index (χ1v) is 11.1. The van der Waals surface area contributed by atoms with Gasteiger partial charge in [0.05, 0.1) is 25.5 Å². The molecule has 2 heterocycles. The molecule has 2 aromatic carbocycles. The van der Waals surface area contributed by atoms with E-state index in [1.54, 1.807) is 14.2 Å². The molecule has 5 heteroatoms. The van der Waals surface area contributed by atoms with Gasteiger partial charge in [-0.3, -0.25) is 4.90 Å². The molecule has 0 atom stereocenters. The van der Waals surface area contributed by atoms with E-state index < -0.39 is 0 Å². The standard InChI is InChI=1S/C26H32N2O3/c1-19-23(27-26(31-19)22-10-7-11-24(29-2)25(22)30-3)18-28-16-14-21(15-17-28)13-12-20-8-5-4-6-9-20/h4-11,21H,12-18H2,1-3H3. The van der Waals surface area contributed by atoms with Crippen LogP contribution in [0.5, 0.6) is 11.5 Å². The molecule has 1 aliphatic heterocycles. The average Bonchev–Trinajstić information content (AvgIpc) is 3.18. The highest BCUT2D eigenvalue weighted by Crippen LogP contribution is 2.38. The number of hydrogen-bond donors (Lipinski definition) is 0. The van der Waals surface area contributed by atoms with Gasteiger partial charge in [0.2, 0.25) is 5.89 Å². The van der Waals surface area contributed by atoms with E-state index in [2.05, 4.69) is 35.2 Å². The smallest absolute Gasteiger partial charge is 0.230 e. The zero-order chi connectivity index (χ0) is 21.6. The third-order valence-corrected chi connectivity index (χ3v) is 6.29. The molecular weight excluding hydrogens is 388 g/mol. The Kier molecular flexibility index (Phi) is 6.92. The Morgan fingerprint density at radius 1 is 1.00 bits per heavy atom. The first-order chi connectivity index (χ1) is 15.2. The number of nitrogens with zero attached hydrogens (tertiary/aromatic N) is 2. The number of oxazole rings is 1. The summed E-state index contributed by atoms with van der Waals surface area (Å²) >= 11 is 0. The summed E-state index contributed by atoms with van der Waals surface area (Å²) in [5, 5.41) is 0. The van der Waals surface area contributed by atoms with E-state index in [1.807, 2.05) is 25.1 Å². The van der Waals surface area contributed by atoms with Crippen molar-refractivity contribution in [3.8, 4) is 23.0 Å². The largest absolute Gasteiger partial charge is 0.493 e. The maximum atomic E-state index is 6.02. The van der Waals surface area contributed by atoms with Crippen LogP contribution >= 0.6 is 0 Å². The van der Waals surface area contributed by atoms with Crippen LogP contribution in [0.15, 0.2) is 52.9 Å². The SMILES string of the molecule is COc1cccc(-c2nc(CN3CCC(CCc4ccccc4)CC3)c(C)o2)c1OC. The van der Waals surface area contributed by atoms with E-state index in [9.17, 15) is 0 Å². The van der Waals surface area contributed by atoms with Crippen molar-refractivity contribution in [2.45, 2.75) is 39.2 Å². The molecule has 164 valence electrons. The first kappa shape index (κ1) is 21.4. The Hall–Kier alpha value is -2.79. The van der Waals surface area contributed by atoms with E-state index in [1.165, 1.54) is 31.2 Å². The van der Waals surface area contributed by atoms with Crippen LogP contribution in [-0.2, 0) is 13.0 Å². The third-order valence-electron chi connectivity index (χ3n) is 6.29. The maximum Gasteiger partial charge on any atom is 0.230 e. The van der Waals surface area contributed by atoms with Gasteiger partial charge >= 0.3 is 0 Å². The molecule has 0 N–H and O–H groups in total. The van der Waals surface area contributed by atoms with Gasteiger partial charge in [0.1, 0.15) is 5.76 Å². The van der Waals surface area contributed by atoms with Crippen molar-refractivity contribution >= 4 is 0 Å². The predicted octanol–water partition coefficient (Wildman–Crippen LogP) is 5.51. The maximum absolute atomic E-state index is 6.02. The van der Waals surface area contributed by atoms with Gasteiger partial charge in [-0.1, -0.05) is 36.4 Å². The zero-order valence-corrected chi connectivity index (χ0v) is 18.8. The lowest BCUT2D eigenvalue weighted by atomic mass is 9.90. The summed E-state index contributed by atoms with van der Waals surface area (Å²) in [5.74, 6) is 3.59. The lowest BCUT2D eigenvalue weighted by molar-refractivity contribution is 0.170. The Morgan fingerprint density at radius 3 is 2.48 bits per heavy atom. The summed E-state index contributed by atoms with van der Waals surface area (Å²) in [4.78, 5) is 7.31. The summed E-state index contributed by atoms with van der Waals surface area (Å²) < 4.78 is 17.0. The lowest BCUT2D eigenvalue weighted by Gasteiger charge is -2.31. The topological polar surface area (TPSA) is 47.7 Å². The lowest BCUT2D eigenvalue weighted by Crippen LogP contribution is -2.33. The zero-order valence-electron chi connectivity index (χ0n) is 18.8. The number of piperidine rings is 1. The summed E-state index contributed by atoms with van der Waals surface area (Å²) in [6.07, 6.45) is 4.96. The molecule has 0 unspecified atom stereocenters. The molecule has 31 heavy (non-hydrogen) atoms. The fourth-order valence-corrected chi connectivity index (χ4v) is 4.41. The van der Waals surface area contributed by atoms with Crippen molar-refractivity contribution in [2.75, 3.05) is 27.3 Å². The molecular formula is C26H32N2O3. The van der Waals surface area contributed by atoms with E-state index >= 15 is 0 Å². The van der Waals surface area contributed by atoms with Crippen molar-refractivity contribution < 1.29 is 13.9 Å². The summed E-state index contributed by atoms with van der Waals surface area (Å²) in [5.41, 5.74) is 3.27. The van der Waals surface area contributed by atoms with Gasteiger partial charge < -0.3 is 13.9 Å². The fraction of sp³-hybridized carbons (Fsp3) is 0.423. The Bertz CT molecular complexity index is 976. The molecule has 3 aromatic rings. The van der Waals surface area contributed by atoms with Crippen LogP contribution in [0.4, 0.5) is 0 Å². The highest BCUT2D eigenvalue weighted by Gasteiger charge is 2.23. The highest BCUT2D eigenvalue weighted by molar-refractivity contribution is 5.68. The molecule has 0 aliphatic carbocycles. The first-order valence-electron chi connectivity index (χ1n) is 11.1. The van der Waals surface area contributed by atoms with Gasteiger partial charge in [-0.2, -0.15) is 0 Å². The van der Waals surface area contributed by atoms with Crippen molar-refractivity contribution in [1.82, 2.24) is 9.88 Å². The van der Waals surface area contributed by atoms with Gasteiger partial charge in [0.25, 0.3) is 0 Å². The molecule has 4 rings (SSSR count). The van der Waals surface area contributed by atoms with E-state index in [-0.39, 0.29) is 0 Å². The summed E-state index contributed by atoms with van der Waals surface area (Å²) in [6, 6.07) is 16.6. The number of likely N-dealkylation sites (tertiary alicyclic amines) is 1. The van der Waals surface area contributed by atoms with E-state index in [0.29, 0.717) is 17.4 Å². The van der Waals surface area contributed by atoms with Crippen molar-refractivity contribution in [3.63, 3.8) is 0 Å². The molecule has 0 saturated carbocycles. The van der Waals surface area contributed by atoms with E-state index in [0.717, 1.165) is 42.6 Å². The number of para-hydroxylation sites is 1. The normalized spacial score (nSPS) is 15.2. The number of aromatic nitrogens is 1. The minimum absolute atomic E-state index is 0.584. The van der Waals surface area contributed by atoms with Crippen LogP contribution in [0.1, 0.15) is 36.3 Å². The summed E-state index contributed by atoms with van der Waals surface area (Å²) in [7, 11) is 3.28.